The van der Waals surface area contributed by atoms with E-state index in [1.165, 1.54) is 13.0 Å². The van der Waals surface area contributed by atoms with E-state index in [-0.39, 0.29) is 0 Å². The highest BCUT2D eigenvalue weighted by Crippen LogP contribution is 2.38. The molecule has 1 amide bonds. The molecular formula is C19H20F2N2O3. The highest BCUT2D eigenvalue weighted by atomic mass is 19.1. The van der Waals surface area contributed by atoms with Gasteiger partial charge in [-0.05, 0) is 51.8 Å². The van der Waals surface area contributed by atoms with E-state index in [4.69, 9.17) is 4.74 Å². The fraction of sp³-hybridized carbons (Fsp3) is 0.368. The summed E-state index contributed by atoms with van der Waals surface area (Å²) in [4.78, 5) is 24.5. The van der Waals surface area contributed by atoms with Crippen molar-refractivity contribution in [1.82, 2.24) is 4.57 Å². The second-order valence-electron chi connectivity index (χ2n) is 6.52. The molecule has 26 heavy (non-hydrogen) atoms. The third kappa shape index (κ3) is 3.47. The maximum absolute atomic E-state index is 13.6. The zero-order valence-electron chi connectivity index (χ0n) is 14.8. The summed E-state index contributed by atoms with van der Waals surface area (Å²) in [6, 6.07) is 5.40. The zero-order valence-corrected chi connectivity index (χ0v) is 14.8. The van der Waals surface area contributed by atoms with Crippen LogP contribution in [0.4, 0.5) is 14.5 Å². The number of rotatable bonds is 5. The Hall–Kier alpha value is -2.70. The van der Waals surface area contributed by atoms with Crippen molar-refractivity contribution in [2.24, 2.45) is 0 Å². The largest absolute Gasteiger partial charge is 0.449 e. The number of halogens is 2. The number of ether oxygens (including phenoxy) is 1. The number of para-hydroxylation sites is 1. The molecule has 1 atom stereocenters. The number of esters is 1. The predicted octanol–water partition coefficient (Wildman–Crippen LogP) is 3.90. The molecule has 0 saturated heterocycles. The monoisotopic (exact) mass is 362 g/mol. The van der Waals surface area contributed by atoms with Gasteiger partial charge in [0.25, 0.3) is 5.91 Å². The van der Waals surface area contributed by atoms with Crippen LogP contribution in [-0.2, 0) is 9.53 Å². The van der Waals surface area contributed by atoms with Gasteiger partial charge in [0.1, 0.15) is 17.3 Å². The fourth-order valence-electron chi connectivity index (χ4n) is 3.00. The van der Waals surface area contributed by atoms with Crippen molar-refractivity contribution < 1.29 is 23.1 Å². The summed E-state index contributed by atoms with van der Waals surface area (Å²) in [5, 5.41) is 2.12. The molecule has 1 heterocycles. The van der Waals surface area contributed by atoms with Crippen LogP contribution in [-0.4, -0.2) is 22.5 Å². The molecule has 7 heteroatoms. The molecule has 0 aliphatic heterocycles. The number of benzene rings is 1. The molecule has 1 saturated carbocycles. The van der Waals surface area contributed by atoms with Crippen molar-refractivity contribution >= 4 is 17.6 Å². The van der Waals surface area contributed by atoms with Crippen LogP contribution in [0.1, 0.15) is 47.6 Å². The van der Waals surface area contributed by atoms with Crippen LogP contribution in [0.15, 0.2) is 24.3 Å². The lowest BCUT2D eigenvalue weighted by atomic mass is 10.2. The van der Waals surface area contributed by atoms with Gasteiger partial charge in [0.15, 0.2) is 6.10 Å². The van der Waals surface area contributed by atoms with Crippen molar-refractivity contribution in [3.05, 3.63) is 52.9 Å². The normalized spacial score (nSPS) is 14.8. The number of hydrogen-bond donors (Lipinski definition) is 1. The maximum Gasteiger partial charge on any atom is 0.340 e. The van der Waals surface area contributed by atoms with E-state index in [1.807, 2.05) is 13.8 Å². The summed E-state index contributed by atoms with van der Waals surface area (Å²) >= 11 is 0. The van der Waals surface area contributed by atoms with Crippen LogP contribution in [0, 0.1) is 25.5 Å². The number of carbonyl (C=O) groups excluding carboxylic acids is 2. The van der Waals surface area contributed by atoms with E-state index in [0.717, 1.165) is 36.4 Å². The molecule has 1 aliphatic carbocycles. The van der Waals surface area contributed by atoms with Crippen LogP contribution in [0.25, 0.3) is 0 Å². The van der Waals surface area contributed by atoms with Crippen molar-refractivity contribution in [1.29, 1.82) is 0 Å². The Bertz CT molecular complexity index is 852. The second kappa shape index (κ2) is 6.90. The first-order valence-electron chi connectivity index (χ1n) is 8.44. The topological polar surface area (TPSA) is 60.3 Å². The van der Waals surface area contributed by atoms with Gasteiger partial charge in [0.05, 0.1) is 5.56 Å². The Morgan fingerprint density at radius 3 is 2.42 bits per heavy atom. The molecule has 0 unspecified atom stereocenters. The van der Waals surface area contributed by atoms with E-state index in [2.05, 4.69) is 9.88 Å². The number of carbonyl (C=O) groups is 2. The van der Waals surface area contributed by atoms with Crippen molar-refractivity contribution in [3.63, 3.8) is 0 Å². The van der Waals surface area contributed by atoms with E-state index in [1.54, 1.807) is 6.07 Å². The quantitative estimate of drug-likeness (QED) is 0.821. The summed E-state index contributed by atoms with van der Waals surface area (Å²) in [6.45, 7) is 5.10. The van der Waals surface area contributed by atoms with Crippen LogP contribution in [0.2, 0.25) is 0 Å². The van der Waals surface area contributed by atoms with Gasteiger partial charge >= 0.3 is 5.97 Å². The van der Waals surface area contributed by atoms with Gasteiger partial charge in [0, 0.05) is 17.4 Å². The van der Waals surface area contributed by atoms with Crippen molar-refractivity contribution in [2.75, 3.05) is 5.32 Å². The number of anilines is 1. The molecule has 1 aliphatic rings. The number of aryl methyl sites for hydroxylation is 1. The molecule has 0 bridgehead atoms. The van der Waals surface area contributed by atoms with Gasteiger partial charge in [0.2, 0.25) is 0 Å². The lowest BCUT2D eigenvalue weighted by molar-refractivity contribution is -0.123. The third-order valence-corrected chi connectivity index (χ3v) is 4.48. The highest BCUT2D eigenvalue weighted by molar-refractivity contribution is 5.98. The second-order valence-corrected chi connectivity index (χ2v) is 6.52. The SMILES string of the molecule is Cc1cc(C(=O)O[C@@H](C)C(=O)Nc2c(F)cccc2F)c(C)n1C1CC1. The van der Waals surface area contributed by atoms with Gasteiger partial charge < -0.3 is 14.6 Å². The molecule has 2 aromatic rings. The van der Waals surface area contributed by atoms with Crippen LogP contribution < -0.4 is 5.32 Å². The Balaban J connectivity index is 1.69. The molecule has 3 rings (SSSR count). The van der Waals surface area contributed by atoms with Crippen LogP contribution >= 0.6 is 0 Å². The lowest BCUT2D eigenvalue weighted by Crippen LogP contribution is -2.30. The minimum Gasteiger partial charge on any atom is -0.449 e. The van der Waals surface area contributed by atoms with Crippen molar-refractivity contribution in [2.45, 2.75) is 45.8 Å². The Morgan fingerprint density at radius 2 is 1.85 bits per heavy atom. The first-order valence-corrected chi connectivity index (χ1v) is 8.44. The van der Waals surface area contributed by atoms with Crippen molar-refractivity contribution in [3.8, 4) is 0 Å². The Labute approximate surface area is 150 Å². The first kappa shape index (κ1) is 18.1. The number of nitrogens with zero attached hydrogens (tertiary/aromatic N) is 1. The molecule has 5 nitrogen and oxygen atoms in total. The summed E-state index contributed by atoms with van der Waals surface area (Å²) in [5.41, 5.74) is 1.59. The summed E-state index contributed by atoms with van der Waals surface area (Å²) < 4.78 is 34.5. The minimum atomic E-state index is -1.20. The van der Waals surface area contributed by atoms with E-state index < -0.39 is 35.3 Å². The minimum absolute atomic E-state index is 0.395. The molecule has 1 aromatic carbocycles. The Kier molecular flexibility index (Phi) is 4.80. The zero-order chi connectivity index (χ0) is 19.0. The highest BCUT2D eigenvalue weighted by Gasteiger charge is 2.30. The average Bonchev–Trinajstić information content (AvgIpc) is 3.36. The number of nitrogens with one attached hydrogen (secondary N) is 1. The van der Waals surface area contributed by atoms with Crippen LogP contribution in [0.5, 0.6) is 0 Å². The standard InChI is InChI=1S/C19H20F2N2O3/c1-10-9-14(11(2)23(10)13-7-8-13)19(25)26-12(3)18(24)22-17-15(20)5-4-6-16(17)21/h4-6,9,12-13H,7-8H2,1-3H3,(H,22,24)/t12-/m0/s1. The summed E-state index contributed by atoms with van der Waals surface area (Å²) in [6.07, 6.45) is 0.959. The number of hydrogen-bond acceptors (Lipinski definition) is 3. The fourth-order valence-corrected chi connectivity index (χ4v) is 3.00. The smallest absolute Gasteiger partial charge is 0.340 e. The lowest BCUT2D eigenvalue weighted by Gasteiger charge is -2.14. The van der Waals surface area contributed by atoms with E-state index in [9.17, 15) is 18.4 Å². The summed E-state index contributed by atoms with van der Waals surface area (Å²) in [5.74, 6) is -3.24. The first-order chi connectivity index (χ1) is 12.3. The molecule has 0 radical (unpaired) electrons. The number of aromatic nitrogens is 1. The van der Waals surface area contributed by atoms with E-state index in [0.29, 0.717) is 11.6 Å². The number of amides is 1. The van der Waals surface area contributed by atoms with Gasteiger partial charge in [-0.15, -0.1) is 0 Å². The maximum atomic E-state index is 13.6. The van der Waals surface area contributed by atoms with E-state index >= 15 is 0 Å². The molecule has 1 N–H and O–H groups in total. The van der Waals surface area contributed by atoms with Gasteiger partial charge in [-0.1, -0.05) is 6.07 Å². The Morgan fingerprint density at radius 1 is 1.23 bits per heavy atom. The van der Waals surface area contributed by atoms with Gasteiger partial charge in [-0.3, -0.25) is 4.79 Å². The molecule has 138 valence electrons. The van der Waals surface area contributed by atoms with Crippen LogP contribution in [0.3, 0.4) is 0 Å². The molecule has 0 spiro atoms. The third-order valence-electron chi connectivity index (χ3n) is 4.48. The van der Waals surface area contributed by atoms with Gasteiger partial charge in [-0.25, -0.2) is 13.6 Å². The molecular weight excluding hydrogens is 342 g/mol. The molecule has 1 fully saturated rings. The predicted molar refractivity (Wildman–Crippen MR) is 92.0 cm³/mol. The molecule has 1 aromatic heterocycles. The average molecular weight is 362 g/mol. The van der Waals surface area contributed by atoms with Gasteiger partial charge in [-0.2, -0.15) is 0 Å². The summed E-state index contributed by atoms with van der Waals surface area (Å²) in [7, 11) is 0.